The molecule has 0 bridgehead atoms. The van der Waals surface area contributed by atoms with Gasteiger partial charge in [0.2, 0.25) is 5.91 Å². The van der Waals surface area contributed by atoms with Gasteiger partial charge in [0.05, 0.1) is 6.54 Å². The minimum Gasteiger partial charge on any atom is -0.480 e. The molecule has 0 saturated carbocycles. The van der Waals surface area contributed by atoms with Gasteiger partial charge in [-0.3, -0.25) is 14.5 Å². The number of aliphatic carboxylic acids is 1. The summed E-state index contributed by atoms with van der Waals surface area (Å²) >= 11 is 1.59. The van der Waals surface area contributed by atoms with Gasteiger partial charge in [0.25, 0.3) is 0 Å². The molecule has 1 aromatic heterocycles. The molecule has 5 nitrogen and oxygen atoms in total. The lowest BCUT2D eigenvalue weighted by atomic mass is 10.00. The first-order chi connectivity index (χ1) is 9.99. The molecule has 0 aliphatic carbocycles. The quantitative estimate of drug-likeness (QED) is 0.842. The molecule has 116 valence electrons. The first-order valence-electron chi connectivity index (χ1n) is 7.29. The SMILES string of the molecule is CC(C)CCNC(=O)CN1CCc2sccc2C1C(=O)O. The van der Waals surface area contributed by atoms with E-state index in [9.17, 15) is 14.7 Å². The van der Waals surface area contributed by atoms with E-state index in [0.717, 1.165) is 23.3 Å². The van der Waals surface area contributed by atoms with Crippen LogP contribution in [0.25, 0.3) is 0 Å². The number of amides is 1. The zero-order chi connectivity index (χ0) is 15.4. The molecule has 2 N–H and O–H groups in total. The largest absolute Gasteiger partial charge is 0.480 e. The Bertz CT molecular complexity index is 513. The van der Waals surface area contributed by atoms with Gasteiger partial charge in [-0.05, 0) is 35.8 Å². The number of thiophene rings is 1. The number of carbonyl (C=O) groups excluding carboxylic acids is 1. The van der Waals surface area contributed by atoms with Crippen LogP contribution >= 0.6 is 11.3 Å². The molecule has 1 atom stereocenters. The Morgan fingerprint density at radius 3 is 2.95 bits per heavy atom. The van der Waals surface area contributed by atoms with Crippen LogP contribution in [0.5, 0.6) is 0 Å². The number of nitrogens with zero attached hydrogens (tertiary/aromatic N) is 1. The summed E-state index contributed by atoms with van der Waals surface area (Å²) in [6.07, 6.45) is 1.75. The molecule has 0 saturated heterocycles. The number of carboxylic acid groups (broad SMARTS) is 1. The average molecular weight is 310 g/mol. The standard InChI is InChI=1S/C15H22N2O3S/c1-10(2)3-6-16-13(18)9-17-7-4-12-11(5-8-21-12)14(17)15(19)20/h5,8,10,14H,3-4,6-7,9H2,1-2H3,(H,16,18)(H,19,20). The lowest BCUT2D eigenvalue weighted by Gasteiger charge is -2.32. The normalized spacial score (nSPS) is 18.5. The molecule has 1 unspecified atom stereocenters. The second kappa shape index (κ2) is 7.04. The Labute approximate surface area is 129 Å². The van der Waals surface area contributed by atoms with E-state index in [2.05, 4.69) is 19.2 Å². The van der Waals surface area contributed by atoms with Crippen molar-refractivity contribution < 1.29 is 14.7 Å². The van der Waals surface area contributed by atoms with Gasteiger partial charge in [0.1, 0.15) is 6.04 Å². The predicted octanol–water partition coefficient (Wildman–Crippen LogP) is 1.89. The van der Waals surface area contributed by atoms with Gasteiger partial charge in [0, 0.05) is 18.0 Å². The van der Waals surface area contributed by atoms with Gasteiger partial charge in [-0.15, -0.1) is 11.3 Å². The molecule has 1 aromatic rings. The van der Waals surface area contributed by atoms with Gasteiger partial charge in [-0.25, -0.2) is 0 Å². The van der Waals surface area contributed by atoms with E-state index in [-0.39, 0.29) is 12.5 Å². The van der Waals surface area contributed by atoms with Crippen molar-refractivity contribution in [3.05, 3.63) is 21.9 Å². The number of nitrogens with one attached hydrogen (secondary N) is 1. The third-order valence-electron chi connectivity index (χ3n) is 3.69. The van der Waals surface area contributed by atoms with Crippen molar-refractivity contribution in [2.24, 2.45) is 5.92 Å². The number of rotatable bonds is 6. The Kier molecular flexibility index (Phi) is 5.36. The van der Waals surface area contributed by atoms with Crippen molar-refractivity contribution >= 4 is 23.2 Å². The van der Waals surface area contributed by atoms with E-state index in [4.69, 9.17) is 0 Å². The van der Waals surface area contributed by atoms with Crippen molar-refractivity contribution in [1.29, 1.82) is 0 Å². The van der Waals surface area contributed by atoms with Crippen molar-refractivity contribution in [1.82, 2.24) is 10.2 Å². The first kappa shape index (κ1) is 16.0. The summed E-state index contributed by atoms with van der Waals surface area (Å²) in [4.78, 5) is 26.4. The van der Waals surface area contributed by atoms with Crippen LogP contribution in [0.3, 0.4) is 0 Å². The van der Waals surface area contributed by atoms with Crippen molar-refractivity contribution in [2.75, 3.05) is 19.6 Å². The molecular weight excluding hydrogens is 288 g/mol. The number of hydrogen-bond donors (Lipinski definition) is 2. The zero-order valence-corrected chi connectivity index (χ0v) is 13.3. The minimum atomic E-state index is -0.885. The van der Waals surface area contributed by atoms with Crippen LogP contribution in [0.15, 0.2) is 11.4 Å². The lowest BCUT2D eigenvalue weighted by molar-refractivity contribution is -0.144. The maximum Gasteiger partial charge on any atom is 0.325 e. The number of carbonyl (C=O) groups is 2. The van der Waals surface area contributed by atoms with E-state index in [0.29, 0.717) is 19.0 Å². The fourth-order valence-corrected chi connectivity index (χ4v) is 3.47. The van der Waals surface area contributed by atoms with Gasteiger partial charge < -0.3 is 10.4 Å². The Morgan fingerprint density at radius 2 is 2.29 bits per heavy atom. The highest BCUT2D eigenvalue weighted by Crippen LogP contribution is 2.33. The highest BCUT2D eigenvalue weighted by atomic mass is 32.1. The summed E-state index contributed by atoms with van der Waals surface area (Å²) in [6.45, 7) is 5.61. The minimum absolute atomic E-state index is 0.0967. The van der Waals surface area contributed by atoms with Crippen LogP contribution in [0.1, 0.15) is 36.8 Å². The fourth-order valence-electron chi connectivity index (χ4n) is 2.57. The van der Waals surface area contributed by atoms with Crippen LogP contribution in [-0.4, -0.2) is 41.5 Å². The van der Waals surface area contributed by atoms with Crippen molar-refractivity contribution in [2.45, 2.75) is 32.7 Å². The Balaban J connectivity index is 1.96. The third kappa shape index (κ3) is 4.04. The molecule has 0 aromatic carbocycles. The summed E-state index contributed by atoms with van der Waals surface area (Å²) in [5, 5.41) is 14.3. The van der Waals surface area contributed by atoms with E-state index in [1.807, 2.05) is 11.4 Å². The highest BCUT2D eigenvalue weighted by molar-refractivity contribution is 7.10. The Hall–Kier alpha value is -1.40. The predicted molar refractivity (Wildman–Crippen MR) is 82.4 cm³/mol. The van der Waals surface area contributed by atoms with E-state index < -0.39 is 12.0 Å². The summed E-state index contributed by atoms with van der Waals surface area (Å²) < 4.78 is 0. The summed E-state index contributed by atoms with van der Waals surface area (Å²) in [7, 11) is 0. The summed E-state index contributed by atoms with van der Waals surface area (Å²) in [5.41, 5.74) is 0.841. The molecule has 2 rings (SSSR count). The maximum atomic E-state index is 12.0. The average Bonchev–Trinajstić information content (AvgIpc) is 2.85. The summed E-state index contributed by atoms with van der Waals surface area (Å²) in [6, 6.07) is 1.16. The van der Waals surface area contributed by atoms with Gasteiger partial charge in [0.15, 0.2) is 0 Å². The second-order valence-corrected chi connectivity index (χ2v) is 6.79. The Morgan fingerprint density at radius 1 is 1.52 bits per heavy atom. The molecular formula is C15H22N2O3S. The topological polar surface area (TPSA) is 69.6 Å². The van der Waals surface area contributed by atoms with Crippen LogP contribution < -0.4 is 5.32 Å². The van der Waals surface area contributed by atoms with Crippen LogP contribution in [0.2, 0.25) is 0 Å². The molecule has 1 aliphatic rings. The second-order valence-electron chi connectivity index (χ2n) is 5.79. The lowest BCUT2D eigenvalue weighted by Crippen LogP contribution is -2.45. The molecule has 0 radical (unpaired) electrons. The molecule has 0 spiro atoms. The number of carboxylic acids is 1. The van der Waals surface area contributed by atoms with Crippen LogP contribution in [-0.2, 0) is 16.0 Å². The van der Waals surface area contributed by atoms with E-state index in [1.54, 1.807) is 16.2 Å². The molecule has 1 aliphatic heterocycles. The first-order valence-corrected chi connectivity index (χ1v) is 8.16. The molecule has 1 amide bonds. The van der Waals surface area contributed by atoms with Gasteiger partial charge >= 0.3 is 5.97 Å². The number of hydrogen-bond acceptors (Lipinski definition) is 4. The van der Waals surface area contributed by atoms with Gasteiger partial charge in [-0.2, -0.15) is 0 Å². The number of fused-ring (bicyclic) bond motifs is 1. The van der Waals surface area contributed by atoms with E-state index >= 15 is 0 Å². The van der Waals surface area contributed by atoms with Crippen LogP contribution in [0.4, 0.5) is 0 Å². The molecule has 6 heteroatoms. The van der Waals surface area contributed by atoms with Crippen molar-refractivity contribution in [3.8, 4) is 0 Å². The molecule has 21 heavy (non-hydrogen) atoms. The van der Waals surface area contributed by atoms with E-state index in [1.165, 1.54) is 0 Å². The zero-order valence-electron chi connectivity index (χ0n) is 12.5. The smallest absolute Gasteiger partial charge is 0.325 e. The fraction of sp³-hybridized carbons (Fsp3) is 0.600. The summed E-state index contributed by atoms with van der Waals surface area (Å²) in [5.74, 6) is -0.440. The molecule has 0 fully saturated rings. The highest BCUT2D eigenvalue weighted by Gasteiger charge is 2.34. The maximum absolute atomic E-state index is 12.0. The third-order valence-corrected chi connectivity index (χ3v) is 4.69. The molecule has 2 heterocycles. The monoisotopic (exact) mass is 310 g/mol. The van der Waals surface area contributed by atoms with Gasteiger partial charge in [-0.1, -0.05) is 13.8 Å². The van der Waals surface area contributed by atoms with Crippen molar-refractivity contribution in [3.63, 3.8) is 0 Å². The van der Waals surface area contributed by atoms with Crippen LogP contribution in [0, 0.1) is 5.92 Å².